The first kappa shape index (κ1) is 10.5. The van der Waals surface area contributed by atoms with Gasteiger partial charge in [0.1, 0.15) is 12.4 Å². The van der Waals surface area contributed by atoms with E-state index >= 15 is 0 Å². The minimum absolute atomic E-state index is 0.162. The molecule has 3 heteroatoms. The molecule has 1 aromatic rings. The highest BCUT2D eigenvalue weighted by molar-refractivity contribution is 5.35. The maximum Gasteiger partial charge on any atom is 0.122 e. The van der Waals surface area contributed by atoms with Gasteiger partial charge in [0.2, 0.25) is 0 Å². The van der Waals surface area contributed by atoms with Crippen LogP contribution in [0.1, 0.15) is 5.56 Å². The molecule has 0 saturated heterocycles. The third-order valence-electron chi connectivity index (χ3n) is 2.49. The molecule has 0 amide bonds. The predicted molar refractivity (Wildman–Crippen MR) is 57.3 cm³/mol. The second-order valence-corrected chi connectivity index (χ2v) is 3.61. The summed E-state index contributed by atoms with van der Waals surface area (Å²) >= 11 is 0. The first-order valence-electron chi connectivity index (χ1n) is 5.21. The molecule has 1 aliphatic rings. The number of fused-ring (bicyclic) bond motifs is 1. The Morgan fingerprint density at radius 2 is 2.20 bits per heavy atom. The van der Waals surface area contributed by atoms with E-state index in [-0.39, 0.29) is 6.10 Å². The molecule has 82 valence electrons. The minimum Gasteiger partial charge on any atom is -0.491 e. The topological polar surface area (TPSA) is 27.7 Å². The van der Waals surface area contributed by atoms with Gasteiger partial charge in [-0.15, -0.1) is 0 Å². The van der Waals surface area contributed by atoms with Gasteiger partial charge in [-0.1, -0.05) is 18.2 Å². The molecule has 0 N–H and O–H groups in total. The normalized spacial score (nSPS) is 19.4. The summed E-state index contributed by atoms with van der Waals surface area (Å²) in [5, 5.41) is 0. The van der Waals surface area contributed by atoms with Crippen LogP contribution in [0.25, 0.3) is 0 Å². The molecular formula is C12H16O3. The molecule has 1 heterocycles. The quantitative estimate of drug-likeness (QED) is 0.704. The number of methoxy groups -OCH3 is 1. The lowest BCUT2D eigenvalue weighted by Gasteiger charge is -2.25. The van der Waals surface area contributed by atoms with Crippen molar-refractivity contribution in [2.24, 2.45) is 0 Å². The number of hydrogen-bond donors (Lipinski definition) is 0. The van der Waals surface area contributed by atoms with Gasteiger partial charge in [0, 0.05) is 13.5 Å². The number of rotatable bonds is 4. The first-order chi connectivity index (χ1) is 7.40. The summed E-state index contributed by atoms with van der Waals surface area (Å²) in [7, 11) is 1.68. The lowest BCUT2D eigenvalue weighted by Crippen LogP contribution is -2.29. The van der Waals surface area contributed by atoms with E-state index in [4.69, 9.17) is 14.2 Å². The van der Waals surface area contributed by atoms with Gasteiger partial charge in [-0.3, -0.25) is 0 Å². The Balaban J connectivity index is 1.88. The molecule has 1 atom stereocenters. The van der Waals surface area contributed by atoms with Gasteiger partial charge >= 0.3 is 0 Å². The first-order valence-corrected chi connectivity index (χ1v) is 5.21. The zero-order chi connectivity index (χ0) is 10.5. The average Bonchev–Trinajstić information content (AvgIpc) is 2.29. The highest BCUT2D eigenvalue weighted by Gasteiger charge is 2.19. The molecule has 0 saturated carbocycles. The number of ether oxygens (including phenoxy) is 3. The Kier molecular flexibility index (Phi) is 3.59. The van der Waals surface area contributed by atoms with Crippen LogP contribution in [0, 0.1) is 0 Å². The smallest absolute Gasteiger partial charge is 0.122 e. The fraction of sp³-hybridized carbons (Fsp3) is 0.500. The highest BCUT2D eigenvalue weighted by atomic mass is 16.5. The SMILES string of the molecule is COCCOC1COc2ccccc2C1. The summed E-state index contributed by atoms with van der Waals surface area (Å²) in [6.45, 7) is 1.91. The fourth-order valence-corrected chi connectivity index (χ4v) is 1.71. The molecule has 3 nitrogen and oxygen atoms in total. The Morgan fingerprint density at radius 1 is 1.33 bits per heavy atom. The van der Waals surface area contributed by atoms with Crippen molar-refractivity contribution in [2.75, 3.05) is 26.9 Å². The summed E-state index contributed by atoms with van der Waals surface area (Å²) in [6, 6.07) is 8.10. The Morgan fingerprint density at radius 3 is 3.07 bits per heavy atom. The van der Waals surface area contributed by atoms with E-state index in [9.17, 15) is 0 Å². The van der Waals surface area contributed by atoms with Gasteiger partial charge in [-0.05, 0) is 11.6 Å². The molecule has 0 radical (unpaired) electrons. The minimum atomic E-state index is 0.162. The van der Waals surface area contributed by atoms with Crippen molar-refractivity contribution in [1.82, 2.24) is 0 Å². The molecule has 15 heavy (non-hydrogen) atoms. The van der Waals surface area contributed by atoms with Crippen molar-refractivity contribution in [3.63, 3.8) is 0 Å². The lowest BCUT2D eigenvalue weighted by atomic mass is 10.0. The van der Waals surface area contributed by atoms with Gasteiger partial charge in [-0.2, -0.15) is 0 Å². The van der Waals surface area contributed by atoms with Crippen LogP contribution in [0.3, 0.4) is 0 Å². The maximum atomic E-state index is 5.63. The summed E-state index contributed by atoms with van der Waals surface area (Å²) in [4.78, 5) is 0. The van der Waals surface area contributed by atoms with Crippen LogP contribution in [-0.2, 0) is 15.9 Å². The largest absolute Gasteiger partial charge is 0.491 e. The van der Waals surface area contributed by atoms with Gasteiger partial charge in [-0.25, -0.2) is 0 Å². The molecule has 1 unspecified atom stereocenters. The van der Waals surface area contributed by atoms with Crippen LogP contribution in [0.5, 0.6) is 5.75 Å². The number of benzene rings is 1. The van der Waals surface area contributed by atoms with Crippen molar-refractivity contribution in [2.45, 2.75) is 12.5 Å². The van der Waals surface area contributed by atoms with Crippen LogP contribution in [-0.4, -0.2) is 33.0 Å². The van der Waals surface area contributed by atoms with Gasteiger partial charge in [0.25, 0.3) is 0 Å². The molecule has 0 spiro atoms. The van der Waals surface area contributed by atoms with Gasteiger partial charge in [0.15, 0.2) is 0 Å². The molecule has 0 aliphatic carbocycles. The fourth-order valence-electron chi connectivity index (χ4n) is 1.71. The molecule has 0 bridgehead atoms. The molecular weight excluding hydrogens is 192 g/mol. The van der Waals surface area contributed by atoms with E-state index < -0.39 is 0 Å². The third-order valence-corrected chi connectivity index (χ3v) is 2.49. The van der Waals surface area contributed by atoms with E-state index in [1.54, 1.807) is 7.11 Å². The van der Waals surface area contributed by atoms with Crippen molar-refractivity contribution in [3.8, 4) is 5.75 Å². The van der Waals surface area contributed by atoms with Gasteiger partial charge in [0.05, 0.1) is 19.3 Å². The predicted octanol–water partition coefficient (Wildman–Crippen LogP) is 1.65. The average molecular weight is 208 g/mol. The van der Waals surface area contributed by atoms with Crippen LogP contribution in [0.15, 0.2) is 24.3 Å². The number of hydrogen-bond acceptors (Lipinski definition) is 3. The number of para-hydroxylation sites is 1. The summed E-state index contributed by atoms with van der Waals surface area (Å²) < 4.78 is 16.2. The molecule has 0 fully saturated rings. The van der Waals surface area contributed by atoms with Crippen LogP contribution < -0.4 is 4.74 Å². The van der Waals surface area contributed by atoms with E-state index in [1.165, 1.54) is 5.56 Å². The zero-order valence-corrected chi connectivity index (χ0v) is 8.94. The third kappa shape index (κ3) is 2.70. The molecule has 0 aromatic heterocycles. The van der Waals surface area contributed by atoms with Crippen molar-refractivity contribution in [3.05, 3.63) is 29.8 Å². The second-order valence-electron chi connectivity index (χ2n) is 3.61. The Labute approximate surface area is 90.0 Å². The second kappa shape index (κ2) is 5.14. The van der Waals surface area contributed by atoms with E-state index in [1.807, 2.05) is 18.2 Å². The van der Waals surface area contributed by atoms with E-state index in [0.717, 1.165) is 12.2 Å². The lowest BCUT2D eigenvalue weighted by molar-refractivity contribution is -0.0119. The zero-order valence-electron chi connectivity index (χ0n) is 8.94. The molecule has 1 aromatic carbocycles. The summed E-state index contributed by atoms with van der Waals surface area (Å²) in [5.74, 6) is 0.990. The van der Waals surface area contributed by atoms with E-state index in [0.29, 0.717) is 19.8 Å². The summed E-state index contributed by atoms with van der Waals surface area (Å²) in [6.07, 6.45) is 1.09. The maximum absolute atomic E-state index is 5.63. The van der Waals surface area contributed by atoms with Gasteiger partial charge < -0.3 is 14.2 Å². The van der Waals surface area contributed by atoms with Crippen LogP contribution in [0.4, 0.5) is 0 Å². The van der Waals surface area contributed by atoms with Crippen molar-refractivity contribution < 1.29 is 14.2 Å². The van der Waals surface area contributed by atoms with Crippen molar-refractivity contribution in [1.29, 1.82) is 0 Å². The highest BCUT2D eigenvalue weighted by Crippen LogP contribution is 2.24. The van der Waals surface area contributed by atoms with Crippen molar-refractivity contribution >= 4 is 0 Å². The Bertz CT molecular complexity index is 311. The van der Waals surface area contributed by atoms with E-state index in [2.05, 4.69) is 6.07 Å². The molecule has 2 rings (SSSR count). The van der Waals surface area contributed by atoms with Crippen LogP contribution in [0.2, 0.25) is 0 Å². The standard InChI is InChI=1S/C12H16O3/c1-13-6-7-14-11-8-10-4-2-3-5-12(10)15-9-11/h2-5,11H,6-9H2,1H3. The molecule has 1 aliphatic heterocycles. The monoisotopic (exact) mass is 208 g/mol. The van der Waals surface area contributed by atoms with Crippen LogP contribution >= 0.6 is 0 Å². The Hall–Kier alpha value is -1.06. The summed E-state index contributed by atoms with van der Waals surface area (Å²) in [5.41, 5.74) is 1.23.